The fourth-order valence-electron chi connectivity index (χ4n) is 4.27. The molecule has 160 valence electrons. The maximum atomic E-state index is 5.87. The molecule has 0 saturated heterocycles. The molecular formula is C24H36N2O2S. The Morgan fingerprint density at radius 3 is 2.21 bits per heavy atom. The van der Waals surface area contributed by atoms with Crippen LogP contribution in [0.5, 0.6) is 10.9 Å². The van der Waals surface area contributed by atoms with Gasteiger partial charge in [-0.05, 0) is 55.9 Å². The van der Waals surface area contributed by atoms with E-state index in [1.807, 2.05) is 31.2 Å². The summed E-state index contributed by atoms with van der Waals surface area (Å²) in [6.45, 7) is 5.70. The molecule has 0 unspecified atom stereocenters. The van der Waals surface area contributed by atoms with E-state index >= 15 is 0 Å². The molecule has 1 heterocycles. The highest BCUT2D eigenvalue weighted by Crippen LogP contribution is 2.34. The van der Waals surface area contributed by atoms with Crippen LogP contribution in [0.15, 0.2) is 24.3 Å². The topological polar surface area (TPSA) is 44.2 Å². The first-order chi connectivity index (χ1) is 14.3. The van der Waals surface area contributed by atoms with E-state index in [-0.39, 0.29) is 0 Å². The Labute approximate surface area is 180 Å². The van der Waals surface area contributed by atoms with Gasteiger partial charge in [-0.1, -0.05) is 74.7 Å². The Morgan fingerprint density at radius 2 is 1.55 bits per heavy atom. The summed E-state index contributed by atoms with van der Waals surface area (Å²) in [5.74, 6) is 2.78. The van der Waals surface area contributed by atoms with E-state index in [9.17, 15) is 0 Å². The van der Waals surface area contributed by atoms with Gasteiger partial charge in [0.25, 0.3) is 5.19 Å². The van der Waals surface area contributed by atoms with Crippen LogP contribution in [0, 0.1) is 11.8 Å². The molecule has 4 nitrogen and oxygen atoms in total. The van der Waals surface area contributed by atoms with Gasteiger partial charge >= 0.3 is 0 Å². The van der Waals surface area contributed by atoms with E-state index < -0.39 is 0 Å². The smallest absolute Gasteiger partial charge is 0.294 e. The molecule has 1 aromatic heterocycles. The summed E-state index contributed by atoms with van der Waals surface area (Å²) in [5, 5.41) is 10.0. The normalized spacial score (nSPS) is 19.2. The first kappa shape index (κ1) is 22.1. The van der Waals surface area contributed by atoms with Crippen molar-refractivity contribution in [1.82, 2.24) is 10.2 Å². The van der Waals surface area contributed by atoms with Crippen LogP contribution in [0.1, 0.15) is 78.1 Å². The lowest BCUT2D eigenvalue weighted by Gasteiger charge is -2.28. The van der Waals surface area contributed by atoms with Crippen LogP contribution < -0.4 is 9.47 Å². The van der Waals surface area contributed by atoms with Crippen LogP contribution in [0.3, 0.4) is 0 Å². The second kappa shape index (κ2) is 12.2. The summed E-state index contributed by atoms with van der Waals surface area (Å²) in [5.41, 5.74) is 1.05. The zero-order valence-electron chi connectivity index (χ0n) is 18.1. The summed E-state index contributed by atoms with van der Waals surface area (Å²) >= 11 is 1.52. The summed E-state index contributed by atoms with van der Waals surface area (Å²) in [6, 6.07) is 7.99. The minimum Gasteiger partial charge on any atom is -0.494 e. The van der Waals surface area contributed by atoms with Crippen molar-refractivity contribution in [3.63, 3.8) is 0 Å². The van der Waals surface area contributed by atoms with Crippen molar-refractivity contribution in [3.8, 4) is 21.5 Å². The lowest BCUT2D eigenvalue weighted by atomic mass is 9.78. The van der Waals surface area contributed by atoms with Gasteiger partial charge < -0.3 is 9.47 Å². The molecular weight excluding hydrogens is 380 g/mol. The summed E-state index contributed by atoms with van der Waals surface area (Å²) in [7, 11) is 0. The number of hydrogen-bond acceptors (Lipinski definition) is 5. The molecule has 5 heteroatoms. The lowest BCUT2D eigenvalue weighted by molar-refractivity contribution is 0.227. The third-order valence-electron chi connectivity index (χ3n) is 5.98. The quantitative estimate of drug-likeness (QED) is 0.345. The molecule has 1 saturated carbocycles. The molecule has 0 N–H and O–H groups in total. The first-order valence-electron chi connectivity index (χ1n) is 11.5. The number of ether oxygens (including phenoxy) is 2. The molecule has 2 aromatic rings. The van der Waals surface area contributed by atoms with Gasteiger partial charge in [-0.15, -0.1) is 5.10 Å². The standard InChI is InChI=1S/C24H36N2O2S/c1-3-5-6-8-19-10-12-20(13-11-19)9-7-18-28-24-26-25-23(29-24)21-14-16-22(17-15-21)27-4-2/h14-17,19-20H,3-13,18H2,1-2H3/t19-,20-. The first-order valence-corrected chi connectivity index (χ1v) is 12.3. The summed E-state index contributed by atoms with van der Waals surface area (Å²) in [6.07, 6.45) is 13.7. The van der Waals surface area contributed by atoms with E-state index in [4.69, 9.17) is 9.47 Å². The van der Waals surface area contributed by atoms with Crippen LogP contribution in [0.2, 0.25) is 0 Å². The number of unbranched alkanes of at least 4 members (excludes halogenated alkanes) is 2. The third-order valence-corrected chi connectivity index (χ3v) is 6.87. The fourth-order valence-corrected chi connectivity index (χ4v) is 4.99. The van der Waals surface area contributed by atoms with Crippen molar-refractivity contribution in [2.75, 3.05) is 13.2 Å². The second-order valence-electron chi connectivity index (χ2n) is 8.20. The molecule has 29 heavy (non-hydrogen) atoms. The molecule has 0 bridgehead atoms. The van der Waals surface area contributed by atoms with E-state index in [0.717, 1.165) is 41.2 Å². The Kier molecular flexibility index (Phi) is 9.26. The molecule has 1 aromatic carbocycles. The van der Waals surface area contributed by atoms with Crippen molar-refractivity contribution < 1.29 is 9.47 Å². The predicted molar refractivity (Wildman–Crippen MR) is 121 cm³/mol. The number of aromatic nitrogens is 2. The SMILES string of the molecule is CCCCC[C@H]1CC[C@H](CCCOc2nnc(-c3ccc(OCC)cc3)s2)CC1. The van der Waals surface area contributed by atoms with Gasteiger partial charge in [-0.3, -0.25) is 0 Å². The number of benzene rings is 1. The molecule has 0 radical (unpaired) electrons. The average molecular weight is 417 g/mol. The van der Waals surface area contributed by atoms with Crippen molar-refractivity contribution >= 4 is 11.3 Å². The van der Waals surface area contributed by atoms with E-state index in [2.05, 4.69) is 17.1 Å². The predicted octanol–water partition coefficient (Wildman–Crippen LogP) is 7.15. The minimum atomic E-state index is 0.675. The van der Waals surface area contributed by atoms with E-state index in [1.165, 1.54) is 69.1 Å². The van der Waals surface area contributed by atoms with Crippen LogP contribution >= 0.6 is 11.3 Å². The fraction of sp³-hybridized carbons (Fsp3) is 0.667. The molecule has 0 amide bonds. The van der Waals surface area contributed by atoms with Crippen molar-refractivity contribution in [1.29, 1.82) is 0 Å². The maximum absolute atomic E-state index is 5.87. The Hall–Kier alpha value is -1.62. The molecule has 1 fully saturated rings. The van der Waals surface area contributed by atoms with E-state index in [1.54, 1.807) is 0 Å². The van der Waals surface area contributed by atoms with Gasteiger partial charge in [0.05, 0.1) is 13.2 Å². The maximum Gasteiger partial charge on any atom is 0.294 e. The van der Waals surface area contributed by atoms with Crippen LogP contribution in [0.25, 0.3) is 10.6 Å². The summed E-state index contributed by atoms with van der Waals surface area (Å²) in [4.78, 5) is 0. The zero-order valence-corrected chi connectivity index (χ0v) is 18.9. The molecule has 3 rings (SSSR count). The van der Waals surface area contributed by atoms with Crippen molar-refractivity contribution in [3.05, 3.63) is 24.3 Å². The largest absolute Gasteiger partial charge is 0.494 e. The minimum absolute atomic E-state index is 0.675. The highest BCUT2D eigenvalue weighted by Gasteiger charge is 2.20. The third kappa shape index (κ3) is 7.29. The second-order valence-corrected chi connectivity index (χ2v) is 9.14. The molecule has 1 aliphatic rings. The number of hydrogen-bond donors (Lipinski definition) is 0. The molecule has 0 spiro atoms. The zero-order chi connectivity index (χ0) is 20.3. The molecule has 1 aliphatic carbocycles. The number of nitrogens with zero attached hydrogens (tertiary/aromatic N) is 2. The molecule has 0 aliphatic heterocycles. The Morgan fingerprint density at radius 1 is 0.862 bits per heavy atom. The highest BCUT2D eigenvalue weighted by molar-refractivity contribution is 7.16. The Balaban J connectivity index is 1.32. The summed E-state index contributed by atoms with van der Waals surface area (Å²) < 4.78 is 11.4. The number of rotatable bonds is 12. The van der Waals surface area contributed by atoms with Gasteiger partial charge in [-0.25, -0.2) is 0 Å². The molecule has 0 atom stereocenters. The highest BCUT2D eigenvalue weighted by atomic mass is 32.1. The lowest BCUT2D eigenvalue weighted by Crippen LogP contribution is -2.15. The van der Waals surface area contributed by atoms with Gasteiger partial charge in [-0.2, -0.15) is 0 Å². The van der Waals surface area contributed by atoms with Gasteiger partial charge in [0.15, 0.2) is 5.01 Å². The van der Waals surface area contributed by atoms with E-state index in [0.29, 0.717) is 11.8 Å². The Bertz CT molecular complexity index is 693. The van der Waals surface area contributed by atoms with Gasteiger partial charge in [0.2, 0.25) is 0 Å². The van der Waals surface area contributed by atoms with Crippen molar-refractivity contribution in [2.24, 2.45) is 11.8 Å². The average Bonchev–Trinajstić information content (AvgIpc) is 3.22. The van der Waals surface area contributed by atoms with Crippen LogP contribution in [-0.2, 0) is 0 Å². The van der Waals surface area contributed by atoms with Crippen molar-refractivity contribution in [2.45, 2.75) is 78.1 Å². The van der Waals surface area contributed by atoms with Gasteiger partial charge in [0, 0.05) is 5.56 Å². The van der Waals surface area contributed by atoms with Gasteiger partial charge in [0.1, 0.15) is 5.75 Å². The van der Waals surface area contributed by atoms with Crippen LogP contribution in [0.4, 0.5) is 0 Å². The monoisotopic (exact) mass is 416 g/mol. The van der Waals surface area contributed by atoms with Crippen LogP contribution in [-0.4, -0.2) is 23.4 Å².